The van der Waals surface area contributed by atoms with Crippen LogP contribution in [0.5, 0.6) is 11.5 Å². The summed E-state index contributed by atoms with van der Waals surface area (Å²) in [6.45, 7) is 4.36. The van der Waals surface area contributed by atoms with Crippen LogP contribution in [-0.4, -0.2) is 11.1 Å². The van der Waals surface area contributed by atoms with E-state index in [1.165, 1.54) is 11.6 Å². The molecular weight excluding hydrogens is 252 g/mol. The topological polar surface area (TPSA) is 46.5 Å². The SMILES string of the molecule is CC(C)Cc1ccc(Oc2cccc(C(=O)O)c2)cc1. The summed E-state index contributed by atoms with van der Waals surface area (Å²) in [7, 11) is 0. The fraction of sp³-hybridized carbons (Fsp3) is 0.235. The van der Waals surface area contributed by atoms with E-state index < -0.39 is 5.97 Å². The van der Waals surface area contributed by atoms with E-state index in [0.717, 1.165) is 6.42 Å². The summed E-state index contributed by atoms with van der Waals surface area (Å²) >= 11 is 0. The van der Waals surface area contributed by atoms with E-state index in [-0.39, 0.29) is 5.56 Å². The van der Waals surface area contributed by atoms with E-state index in [1.54, 1.807) is 18.2 Å². The van der Waals surface area contributed by atoms with Gasteiger partial charge in [-0.25, -0.2) is 4.79 Å². The van der Waals surface area contributed by atoms with Crippen LogP contribution in [0.1, 0.15) is 29.8 Å². The number of ether oxygens (including phenoxy) is 1. The molecule has 2 aromatic carbocycles. The maximum atomic E-state index is 10.9. The van der Waals surface area contributed by atoms with Gasteiger partial charge in [-0.05, 0) is 48.2 Å². The van der Waals surface area contributed by atoms with Crippen LogP contribution in [-0.2, 0) is 6.42 Å². The molecule has 0 aliphatic heterocycles. The average molecular weight is 270 g/mol. The van der Waals surface area contributed by atoms with Gasteiger partial charge < -0.3 is 9.84 Å². The van der Waals surface area contributed by atoms with Crippen molar-refractivity contribution in [1.82, 2.24) is 0 Å². The summed E-state index contributed by atoms with van der Waals surface area (Å²) in [5.74, 6) is 0.901. The number of carboxylic acid groups (broad SMARTS) is 1. The molecule has 0 heterocycles. The molecule has 3 heteroatoms. The maximum Gasteiger partial charge on any atom is 0.335 e. The predicted molar refractivity (Wildman–Crippen MR) is 78.5 cm³/mol. The van der Waals surface area contributed by atoms with Crippen LogP contribution < -0.4 is 4.74 Å². The van der Waals surface area contributed by atoms with Gasteiger partial charge in [-0.2, -0.15) is 0 Å². The van der Waals surface area contributed by atoms with Gasteiger partial charge in [0, 0.05) is 0 Å². The second-order valence-electron chi connectivity index (χ2n) is 5.18. The molecule has 0 unspecified atom stereocenters. The number of carbonyl (C=O) groups is 1. The van der Waals surface area contributed by atoms with Crippen LogP contribution in [0, 0.1) is 5.92 Å². The van der Waals surface area contributed by atoms with Gasteiger partial charge >= 0.3 is 5.97 Å². The summed E-state index contributed by atoms with van der Waals surface area (Å²) in [5, 5.41) is 8.94. The molecule has 1 N–H and O–H groups in total. The molecule has 0 saturated heterocycles. The first-order valence-electron chi connectivity index (χ1n) is 6.65. The van der Waals surface area contributed by atoms with E-state index in [1.807, 2.05) is 24.3 Å². The van der Waals surface area contributed by atoms with Crippen LogP contribution in [0.15, 0.2) is 48.5 Å². The highest BCUT2D eigenvalue weighted by Crippen LogP contribution is 2.23. The molecule has 104 valence electrons. The Morgan fingerprint density at radius 3 is 2.40 bits per heavy atom. The highest BCUT2D eigenvalue weighted by molar-refractivity contribution is 5.88. The highest BCUT2D eigenvalue weighted by atomic mass is 16.5. The molecule has 0 aromatic heterocycles. The van der Waals surface area contributed by atoms with Crippen molar-refractivity contribution in [2.75, 3.05) is 0 Å². The summed E-state index contributed by atoms with van der Waals surface area (Å²) in [6.07, 6.45) is 1.04. The Kier molecular flexibility index (Phi) is 4.41. The van der Waals surface area contributed by atoms with Crippen LogP contribution >= 0.6 is 0 Å². The van der Waals surface area contributed by atoms with Crippen molar-refractivity contribution >= 4 is 5.97 Å². The Balaban J connectivity index is 2.10. The van der Waals surface area contributed by atoms with E-state index >= 15 is 0 Å². The number of hydrogen-bond donors (Lipinski definition) is 1. The van der Waals surface area contributed by atoms with Crippen LogP contribution in [0.4, 0.5) is 0 Å². The first kappa shape index (κ1) is 14.1. The van der Waals surface area contributed by atoms with Crippen LogP contribution in [0.2, 0.25) is 0 Å². The van der Waals surface area contributed by atoms with Gasteiger partial charge in [0.05, 0.1) is 5.56 Å². The molecule has 2 rings (SSSR count). The minimum Gasteiger partial charge on any atom is -0.478 e. The largest absolute Gasteiger partial charge is 0.478 e. The third-order valence-corrected chi connectivity index (χ3v) is 2.88. The minimum absolute atomic E-state index is 0.221. The fourth-order valence-corrected chi connectivity index (χ4v) is 1.99. The first-order chi connectivity index (χ1) is 9.54. The lowest BCUT2D eigenvalue weighted by molar-refractivity contribution is 0.0696. The van der Waals surface area contributed by atoms with Crippen molar-refractivity contribution in [3.8, 4) is 11.5 Å². The molecule has 2 aromatic rings. The molecule has 0 spiro atoms. The number of benzene rings is 2. The Morgan fingerprint density at radius 2 is 1.80 bits per heavy atom. The fourth-order valence-electron chi connectivity index (χ4n) is 1.99. The summed E-state index contributed by atoms with van der Waals surface area (Å²) in [6, 6.07) is 14.4. The van der Waals surface area contributed by atoms with Crippen molar-refractivity contribution in [3.05, 3.63) is 59.7 Å². The molecule has 0 radical (unpaired) electrons. The Bertz CT molecular complexity index is 585. The number of aromatic carboxylic acids is 1. The molecule has 0 saturated carbocycles. The third-order valence-electron chi connectivity index (χ3n) is 2.88. The van der Waals surface area contributed by atoms with Gasteiger partial charge in [0.2, 0.25) is 0 Å². The maximum absolute atomic E-state index is 10.9. The predicted octanol–water partition coefficient (Wildman–Crippen LogP) is 4.38. The Hall–Kier alpha value is -2.29. The zero-order valence-corrected chi connectivity index (χ0v) is 11.7. The van der Waals surface area contributed by atoms with E-state index in [0.29, 0.717) is 17.4 Å². The van der Waals surface area contributed by atoms with Crippen molar-refractivity contribution in [1.29, 1.82) is 0 Å². The summed E-state index contributed by atoms with van der Waals surface area (Å²) < 4.78 is 5.67. The number of carboxylic acids is 1. The smallest absolute Gasteiger partial charge is 0.335 e. The van der Waals surface area contributed by atoms with Crippen molar-refractivity contribution in [2.24, 2.45) is 5.92 Å². The van der Waals surface area contributed by atoms with Gasteiger partial charge in [-0.1, -0.05) is 32.0 Å². The van der Waals surface area contributed by atoms with Crippen LogP contribution in [0.3, 0.4) is 0 Å². The van der Waals surface area contributed by atoms with Crippen molar-refractivity contribution in [2.45, 2.75) is 20.3 Å². The lowest BCUT2D eigenvalue weighted by atomic mass is 10.0. The highest BCUT2D eigenvalue weighted by Gasteiger charge is 2.05. The summed E-state index contributed by atoms with van der Waals surface area (Å²) in [4.78, 5) is 10.9. The van der Waals surface area contributed by atoms with Gasteiger partial charge in [0.25, 0.3) is 0 Å². The molecule has 0 amide bonds. The minimum atomic E-state index is -0.956. The molecule has 20 heavy (non-hydrogen) atoms. The monoisotopic (exact) mass is 270 g/mol. The zero-order valence-electron chi connectivity index (χ0n) is 11.7. The Labute approximate surface area is 118 Å². The van der Waals surface area contributed by atoms with Gasteiger partial charge in [-0.15, -0.1) is 0 Å². The van der Waals surface area contributed by atoms with Crippen molar-refractivity contribution < 1.29 is 14.6 Å². The lowest BCUT2D eigenvalue weighted by Crippen LogP contribution is -1.96. The standard InChI is InChI=1S/C17H18O3/c1-12(2)10-13-6-8-15(9-7-13)20-16-5-3-4-14(11-16)17(18)19/h3-9,11-12H,10H2,1-2H3,(H,18,19). The zero-order chi connectivity index (χ0) is 14.5. The van der Waals surface area contributed by atoms with E-state index in [2.05, 4.69) is 13.8 Å². The molecular formula is C17H18O3. The van der Waals surface area contributed by atoms with Gasteiger partial charge in [0.15, 0.2) is 0 Å². The van der Waals surface area contributed by atoms with E-state index in [4.69, 9.17) is 9.84 Å². The van der Waals surface area contributed by atoms with Gasteiger partial charge in [0.1, 0.15) is 11.5 Å². The normalized spacial score (nSPS) is 10.6. The molecule has 0 aliphatic rings. The number of hydrogen-bond acceptors (Lipinski definition) is 2. The molecule has 0 atom stereocenters. The molecule has 0 fully saturated rings. The van der Waals surface area contributed by atoms with Crippen molar-refractivity contribution in [3.63, 3.8) is 0 Å². The average Bonchev–Trinajstić information content (AvgIpc) is 2.41. The summed E-state index contributed by atoms with van der Waals surface area (Å²) in [5.41, 5.74) is 1.49. The second kappa shape index (κ2) is 6.24. The lowest BCUT2D eigenvalue weighted by Gasteiger charge is -2.08. The molecule has 0 bridgehead atoms. The quantitative estimate of drug-likeness (QED) is 0.877. The second-order valence-corrected chi connectivity index (χ2v) is 5.18. The molecule has 3 nitrogen and oxygen atoms in total. The van der Waals surface area contributed by atoms with E-state index in [9.17, 15) is 4.79 Å². The first-order valence-corrected chi connectivity index (χ1v) is 6.65. The van der Waals surface area contributed by atoms with Crippen LogP contribution in [0.25, 0.3) is 0 Å². The van der Waals surface area contributed by atoms with Gasteiger partial charge in [-0.3, -0.25) is 0 Å². The Morgan fingerprint density at radius 1 is 1.10 bits per heavy atom. The number of rotatable bonds is 5. The third kappa shape index (κ3) is 3.85. The molecule has 0 aliphatic carbocycles.